The van der Waals surface area contributed by atoms with Gasteiger partial charge in [-0.15, -0.1) is 0 Å². The number of carbonyl (C=O) groups excluding carboxylic acids is 4. The fraction of sp³-hybridized carbons (Fsp3) is 0.379. The first-order valence-corrected chi connectivity index (χ1v) is 12.9. The maximum Gasteiger partial charge on any atom is 0.248 e. The topological polar surface area (TPSA) is 145 Å². The molecule has 3 atom stereocenters. The minimum Gasteiger partial charge on any atom is -0.510 e. The monoisotopic (exact) mass is 520 g/mol. The summed E-state index contributed by atoms with van der Waals surface area (Å²) in [7, 11) is 0. The number of Topliss-reactive ketones (excluding diaryl/α,β-unsaturated/α-hetero) is 2. The second-order valence-corrected chi connectivity index (χ2v) is 9.76. The number of aliphatic hydroxyl groups excluding tert-OH is 1. The molecule has 3 aliphatic carbocycles. The van der Waals surface area contributed by atoms with E-state index in [-0.39, 0.29) is 41.6 Å². The Balaban J connectivity index is 1.30. The van der Waals surface area contributed by atoms with Crippen LogP contribution in [0, 0.1) is 5.92 Å². The highest BCUT2D eigenvalue weighted by Crippen LogP contribution is 2.40. The van der Waals surface area contributed by atoms with Gasteiger partial charge in [0.2, 0.25) is 17.6 Å². The predicted molar refractivity (Wildman–Crippen MR) is 139 cm³/mol. The quantitative estimate of drug-likeness (QED) is 0.208. The van der Waals surface area contributed by atoms with Gasteiger partial charge >= 0.3 is 0 Å². The molecule has 0 aromatic carbocycles. The van der Waals surface area contributed by atoms with Crippen LogP contribution in [0.1, 0.15) is 44.9 Å². The number of ether oxygens (including phenoxy) is 1. The number of ketones is 2. The predicted octanol–water partition coefficient (Wildman–Crippen LogP) is 2.68. The molecule has 2 amide bonds. The molecule has 1 aliphatic heterocycles. The van der Waals surface area contributed by atoms with Gasteiger partial charge in [0.25, 0.3) is 0 Å². The van der Waals surface area contributed by atoms with Crippen molar-refractivity contribution in [2.45, 2.75) is 62.8 Å². The SMILES string of the molecule is O=C(/C=C/C=C/C1CCCCC1)NC1=CC(O)(\C=C/C=C/C=C/C(=O)NC2=C(O)CCC2=O)C2OC2C1=O. The fourth-order valence-corrected chi connectivity index (χ4v) is 4.74. The van der Waals surface area contributed by atoms with Crippen molar-refractivity contribution in [3.63, 3.8) is 0 Å². The standard InChI is InChI=1S/C29H32N2O7/c32-21-15-16-22(33)25(21)31-24(35)13-6-1-2-9-17-29(37)18-20(26(36)27-28(29)38-27)30-23(34)14-8-7-12-19-10-4-3-5-11-19/h1-2,6-9,12-14,17-19,27-28,32,37H,3-5,10-11,15-16H2,(H,30,34)(H,31,35)/b2-1+,12-7+,13-6+,14-8+,17-9-. The van der Waals surface area contributed by atoms with Gasteiger partial charge in [0, 0.05) is 25.0 Å². The minimum atomic E-state index is -1.59. The smallest absolute Gasteiger partial charge is 0.248 e. The van der Waals surface area contributed by atoms with Crippen molar-refractivity contribution < 1.29 is 34.1 Å². The molecule has 4 aliphatic rings. The third-order valence-electron chi connectivity index (χ3n) is 6.85. The lowest BCUT2D eigenvalue weighted by Crippen LogP contribution is -2.42. The van der Waals surface area contributed by atoms with E-state index >= 15 is 0 Å². The molecule has 4 rings (SSSR count). The number of nitrogens with one attached hydrogen (secondary N) is 2. The lowest BCUT2D eigenvalue weighted by molar-refractivity contribution is -0.121. The van der Waals surface area contributed by atoms with Gasteiger partial charge in [-0.25, -0.2) is 0 Å². The fourth-order valence-electron chi connectivity index (χ4n) is 4.74. The van der Waals surface area contributed by atoms with Gasteiger partial charge in [-0.05, 0) is 30.9 Å². The first-order valence-electron chi connectivity index (χ1n) is 12.9. The molecule has 200 valence electrons. The zero-order valence-electron chi connectivity index (χ0n) is 21.0. The highest BCUT2D eigenvalue weighted by Gasteiger charge is 2.59. The van der Waals surface area contributed by atoms with Crippen LogP contribution in [0.5, 0.6) is 0 Å². The van der Waals surface area contributed by atoms with Crippen molar-refractivity contribution in [3.8, 4) is 0 Å². The molecular formula is C29H32N2O7. The molecule has 0 aromatic heterocycles. The van der Waals surface area contributed by atoms with Crippen LogP contribution < -0.4 is 10.6 Å². The van der Waals surface area contributed by atoms with Crippen molar-refractivity contribution in [1.82, 2.24) is 10.6 Å². The number of aliphatic hydroxyl groups is 2. The number of amides is 2. The molecule has 0 spiro atoms. The number of carbonyl (C=O) groups is 4. The molecule has 4 N–H and O–H groups in total. The van der Waals surface area contributed by atoms with Crippen LogP contribution in [0.3, 0.4) is 0 Å². The summed E-state index contributed by atoms with van der Waals surface area (Å²) in [5.41, 5.74) is -1.69. The molecule has 1 saturated heterocycles. The van der Waals surface area contributed by atoms with Gasteiger partial charge in [0.15, 0.2) is 11.9 Å². The van der Waals surface area contributed by atoms with Gasteiger partial charge < -0.3 is 25.6 Å². The maximum atomic E-state index is 12.5. The van der Waals surface area contributed by atoms with Crippen molar-refractivity contribution >= 4 is 23.4 Å². The Kier molecular flexibility index (Phi) is 8.70. The van der Waals surface area contributed by atoms with E-state index < -0.39 is 29.6 Å². The summed E-state index contributed by atoms with van der Waals surface area (Å²) in [6, 6.07) is 0. The van der Waals surface area contributed by atoms with Gasteiger partial charge in [0.05, 0.1) is 5.70 Å². The molecule has 3 unspecified atom stereocenters. The molecule has 1 heterocycles. The average molecular weight is 521 g/mol. The number of allylic oxidation sites excluding steroid dienone is 9. The van der Waals surface area contributed by atoms with E-state index in [2.05, 4.69) is 16.7 Å². The Labute approximate surface area is 221 Å². The van der Waals surface area contributed by atoms with Crippen LogP contribution in [-0.4, -0.2) is 51.4 Å². The molecule has 9 nitrogen and oxygen atoms in total. The van der Waals surface area contributed by atoms with E-state index in [9.17, 15) is 29.4 Å². The molecule has 1 saturated carbocycles. The van der Waals surface area contributed by atoms with Gasteiger partial charge in [-0.3, -0.25) is 19.2 Å². The van der Waals surface area contributed by atoms with E-state index in [4.69, 9.17) is 4.74 Å². The Hall–Kier alpha value is -3.82. The lowest BCUT2D eigenvalue weighted by atomic mass is 9.88. The molecule has 9 heteroatoms. The summed E-state index contributed by atoms with van der Waals surface area (Å²) < 4.78 is 5.35. The van der Waals surface area contributed by atoms with Crippen molar-refractivity contribution in [2.24, 2.45) is 5.92 Å². The van der Waals surface area contributed by atoms with Crippen molar-refractivity contribution in [2.75, 3.05) is 0 Å². The first-order chi connectivity index (χ1) is 18.3. The van der Waals surface area contributed by atoms with Crippen LogP contribution in [0.25, 0.3) is 0 Å². The van der Waals surface area contributed by atoms with Crippen LogP contribution in [0.4, 0.5) is 0 Å². The Morgan fingerprint density at radius 1 is 0.921 bits per heavy atom. The Bertz CT molecular complexity index is 1200. The average Bonchev–Trinajstić information content (AvgIpc) is 3.66. The molecular weight excluding hydrogens is 488 g/mol. The molecule has 38 heavy (non-hydrogen) atoms. The summed E-state index contributed by atoms with van der Waals surface area (Å²) >= 11 is 0. The summed E-state index contributed by atoms with van der Waals surface area (Å²) in [4.78, 5) is 48.3. The zero-order valence-corrected chi connectivity index (χ0v) is 21.0. The molecule has 0 bridgehead atoms. The lowest BCUT2D eigenvalue weighted by Gasteiger charge is -2.23. The summed E-state index contributed by atoms with van der Waals surface area (Å²) in [5.74, 6) is -1.32. The van der Waals surface area contributed by atoms with Gasteiger partial charge in [-0.1, -0.05) is 61.8 Å². The summed E-state index contributed by atoms with van der Waals surface area (Å²) in [6.07, 6.45) is 21.8. The van der Waals surface area contributed by atoms with Crippen LogP contribution in [0.2, 0.25) is 0 Å². The van der Waals surface area contributed by atoms with Crippen molar-refractivity contribution in [1.29, 1.82) is 0 Å². The Morgan fingerprint density at radius 3 is 2.32 bits per heavy atom. The zero-order chi connectivity index (χ0) is 27.1. The molecule has 0 aromatic rings. The minimum absolute atomic E-state index is 0.0265. The first kappa shape index (κ1) is 27.2. The van der Waals surface area contributed by atoms with E-state index in [1.54, 1.807) is 12.2 Å². The summed E-state index contributed by atoms with van der Waals surface area (Å²) in [5, 5.41) is 25.5. The highest BCUT2D eigenvalue weighted by atomic mass is 16.6. The van der Waals surface area contributed by atoms with E-state index in [0.717, 1.165) is 0 Å². The number of hydrogen-bond donors (Lipinski definition) is 4. The third kappa shape index (κ3) is 6.93. The number of hydrogen-bond acceptors (Lipinski definition) is 7. The third-order valence-corrected chi connectivity index (χ3v) is 6.85. The second-order valence-electron chi connectivity index (χ2n) is 9.76. The largest absolute Gasteiger partial charge is 0.510 e. The highest BCUT2D eigenvalue weighted by molar-refractivity contribution is 6.06. The number of rotatable bonds is 9. The number of fused-ring (bicyclic) bond motifs is 1. The van der Waals surface area contributed by atoms with E-state index in [0.29, 0.717) is 5.92 Å². The van der Waals surface area contributed by atoms with E-state index in [1.165, 1.54) is 74.6 Å². The Morgan fingerprint density at radius 2 is 1.61 bits per heavy atom. The van der Waals surface area contributed by atoms with Crippen LogP contribution >= 0.6 is 0 Å². The number of epoxide rings is 1. The van der Waals surface area contributed by atoms with Crippen LogP contribution in [-0.2, 0) is 23.9 Å². The van der Waals surface area contributed by atoms with Gasteiger partial charge in [-0.2, -0.15) is 0 Å². The second kappa shape index (κ2) is 12.1. The molecule has 2 fully saturated rings. The maximum absolute atomic E-state index is 12.5. The normalized spacial score (nSPS) is 28.3. The summed E-state index contributed by atoms with van der Waals surface area (Å²) in [6.45, 7) is 0. The van der Waals surface area contributed by atoms with Gasteiger partial charge in [0.1, 0.15) is 23.2 Å². The van der Waals surface area contributed by atoms with Crippen LogP contribution in [0.15, 0.2) is 84.0 Å². The van der Waals surface area contributed by atoms with E-state index in [1.807, 2.05) is 6.08 Å². The molecule has 0 radical (unpaired) electrons. The van der Waals surface area contributed by atoms with Crippen molar-refractivity contribution in [3.05, 3.63) is 84.0 Å².